The smallest absolute Gasteiger partial charge is 0.186 e. The van der Waals surface area contributed by atoms with E-state index in [0.29, 0.717) is 6.04 Å². The highest BCUT2D eigenvalue weighted by molar-refractivity contribution is 7.15. The molecule has 5 heteroatoms. The summed E-state index contributed by atoms with van der Waals surface area (Å²) in [5.74, 6) is 0.970. The number of aryl methyl sites for hydroxylation is 1. The highest BCUT2D eigenvalue weighted by Gasteiger charge is 2.17. The van der Waals surface area contributed by atoms with Gasteiger partial charge in [-0.15, -0.1) is 11.3 Å². The van der Waals surface area contributed by atoms with Gasteiger partial charge in [-0.05, 0) is 40.0 Å². The molecule has 0 amide bonds. The third kappa shape index (κ3) is 3.16. The molecular formula is C14H21N3OS. The molecule has 0 bridgehead atoms. The van der Waals surface area contributed by atoms with Crippen LogP contribution >= 0.6 is 11.3 Å². The molecule has 0 saturated heterocycles. The van der Waals surface area contributed by atoms with Crippen molar-refractivity contribution in [3.05, 3.63) is 34.7 Å². The molecule has 1 unspecified atom stereocenters. The Bertz CT molecular complexity index is 507. The molecule has 0 saturated carbocycles. The molecule has 2 aromatic heterocycles. The maximum Gasteiger partial charge on any atom is 0.186 e. The monoisotopic (exact) mass is 279 g/mol. The number of rotatable bonds is 6. The van der Waals surface area contributed by atoms with Crippen LogP contribution < -0.4 is 10.2 Å². The van der Waals surface area contributed by atoms with Crippen molar-refractivity contribution in [3.63, 3.8) is 0 Å². The molecule has 0 spiro atoms. The second-order valence-corrected chi connectivity index (χ2v) is 5.56. The second-order valence-electron chi connectivity index (χ2n) is 4.55. The molecule has 1 atom stereocenters. The van der Waals surface area contributed by atoms with E-state index in [4.69, 9.17) is 9.40 Å². The molecule has 104 valence electrons. The topological polar surface area (TPSA) is 41.3 Å². The number of hydrogen-bond donors (Lipinski definition) is 1. The summed E-state index contributed by atoms with van der Waals surface area (Å²) in [6.45, 7) is 8.06. The molecule has 2 heterocycles. The van der Waals surface area contributed by atoms with Crippen LogP contribution in [0.15, 0.2) is 22.8 Å². The van der Waals surface area contributed by atoms with Crippen molar-refractivity contribution in [3.8, 4) is 0 Å². The molecular weight excluding hydrogens is 258 g/mol. The molecule has 0 aliphatic carbocycles. The van der Waals surface area contributed by atoms with Crippen LogP contribution in [0, 0.1) is 6.92 Å². The molecule has 0 aliphatic heterocycles. The maximum atomic E-state index is 5.42. The minimum absolute atomic E-state index is 0.341. The summed E-state index contributed by atoms with van der Waals surface area (Å²) in [5.41, 5.74) is 1.11. The third-order valence-corrected chi connectivity index (χ3v) is 4.63. The molecule has 0 fully saturated rings. The molecule has 2 aromatic rings. The van der Waals surface area contributed by atoms with Gasteiger partial charge in [0.15, 0.2) is 5.13 Å². The van der Waals surface area contributed by atoms with E-state index in [1.165, 1.54) is 4.88 Å². The van der Waals surface area contributed by atoms with Crippen LogP contribution in [0.4, 0.5) is 5.13 Å². The van der Waals surface area contributed by atoms with Crippen LogP contribution in [0.5, 0.6) is 0 Å². The first-order chi connectivity index (χ1) is 9.15. The lowest BCUT2D eigenvalue weighted by molar-refractivity contribution is 0.503. The number of anilines is 1. The van der Waals surface area contributed by atoms with Gasteiger partial charge in [0.1, 0.15) is 5.76 Å². The van der Waals surface area contributed by atoms with Gasteiger partial charge >= 0.3 is 0 Å². The minimum atomic E-state index is 0.341. The first-order valence-electron chi connectivity index (χ1n) is 6.57. The van der Waals surface area contributed by atoms with Gasteiger partial charge in [0.2, 0.25) is 0 Å². The summed E-state index contributed by atoms with van der Waals surface area (Å²) in [5, 5.41) is 4.33. The summed E-state index contributed by atoms with van der Waals surface area (Å²) in [6.07, 6.45) is 1.71. The average molecular weight is 279 g/mol. The van der Waals surface area contributed by atoms with E-state index in [9.17, 15) is 0 Å². The molecule has 19 heavy (non-hydrogen) atoms. The van der Waals surface area contributed by atoms with E-state index < -0.39 is 0 Å². The number of furan rings is 1. The molecule has 2 rings (SSSR count). The molecule has 0 aromatic carbocycles. The van der Waals surface area contributed by atoms with Gasteiger partial charge in [-0.2, -0.15) is 0 Å². The van der Waals surface area contributed by atoms with Gasteiger partial charge in [-0.1, -0.05) is 0 Å². The Hall–Kier alpha value is -1.33. The number of aromatic nitrogens is 1. The van der Waals surface area contributed by atoms with Crippen molar-refractivity contribution in [2.75, 3.05) is 18.5 Å². The Morgan fingerprint density at radius 2 is 2.32 bits per heavy atom. The van der Waals surface area contributed by atoms with E-state index in [-0.39, 0.29) is 0 Å². The zero-order valence-corrected chi connectivity index (χ0v) is 12.8. The predicted octanol–water partition coefficient (Wildman–Crippen LogP) is 3.35. The third-order valence-electron chi connectivity index (χ3n) is 3.23. The standard InChI is InChI=1S/C14H21N3OS/c1-5-17(9-12-7-6-8-18-12)14-16-11(3)13(19-14)10(2)15-4/h6-8,10,15H,5,9H2,1-4H3. The van der Waals surface area contributed by atoms with Crippen LogP contribution in [0.2, 0.25) is 0 Å². The number of nitrogens with zero attached hydrogens (tertiary/aromatic N) is 2. The van der Waals surface area contributed by atoms with Crippen molar-refractivity contribution in [1.29, 1.82) is 0 Å². The van der Waals surface area contributed by atoms with Crippen molar-refractivity contribution in [1.82, 2.24) is 10.3 Å². The first kappa shape index (κ1) is 14.1. The van der Waals surface area contributed by atoms with Crippen molar-refractivity contribution < 1.29 is 4.42 Å². The van der Waals surface area contributed by atoms with Gasteiger partial charge < -0.3 is 14.6 Å². The van der Waals surface area contributed by atoms with Crippen LogP contribution in [0.1, 0.15) is 36.2 Å². The Morgan fingerprint density at radius 3 is 2.89 bits per heavy atom. The van der Waals surface area contributed by atoms with Crippen LogP contribution in [0.3, 0.4) is 0 Å². The quantitative estimate of drug-likeness (QED) is 0.880. The maximum absolute atomic E-state index is 5.42. The van der Waals surface area contributed by atoms with Gasteiger partial charge in [-0.25, -0.2) is 4.98 Å². The Labute approximate surface area is 118 Å². The zero-order chi connectivity index (χ0) is 13.8. The number of thiazole rings is 1. The summed E-state index contributed by atoms with van der Waals surface area (Å²) in [7, 11) is 1.98. The van der Waals surface area contributed by atoms with Crippen LogP contribution in [-0.2, 0) is 6.54 Å². The SMILES string of the molecule is CCN(Cc1ccco1)c1nc(C)c(C(C)NC)s1. The van der Waals surface area contributed by atoms with E-state index in [0.717, 1.165) is 29.7 Å². The van der Waals surface area contributed by atoms with E-state index >= 15 is 0 Å². The van der Waals surface area contributed by atoms with Crippen molar-refractivity contribution >= 4 is 16.5 Å². The lowest BCUT2D eigenvalue weighted by Crippen LogP contribution is -2.21. The molecule has 0 aliphatic rings. The second kappa shape index (κ2) is 6.21. The van der Waals surface area contributed by atoms with Crippen LogP contribution in [0.25, 0.3) is 0 Å². The summed E-state index contributed by atoms with van der Waals surface area (Å²) in [4.78, 5) is 8.23. The largest absolute Gasteiger partial charge is 0.467 e. The average Bonchev–Trinajstić information content (AvgIpc) is 3.04. The normalized spacial score (nSPS) is 12.6. The van der Waals surface area contributed by atoms with E-state index in [1.807, 2.05) is 19.2 Å². The highest BCUT2D eigenvalue weighted by Crippen LogP contribution is 2.31. The lowest BCUT2D eigenvalue weighted by atomic mass is 10.2. The van der Waals surface area contributed by atoms with E-state index in [1.54, 1.807) is 17.6 Å². The molecule has 0 radical (unpaired) electrons. The highest BCUT2D eigenvalue weighted by atomic mass is 32.1. The first-order valence-corrected chi connectivity index (χ1v) is 7.39. The Kier molecular flexibility index (Phi) is 4.61. The van der Waals surface area contributed by atoms with Gasteiger partial charge in [0, 0.05) is 17.5 Å². The number of nitrogens with one attached hydrogen (secondary N) is 1. The summed E-state index contributed by atoms with van der Waals surface area (Å²) >= 11 is 1.76. The van der Waals surface area contributed by atoms with E-state index in [2.05, 4.69) is 31.0 Å². The van der Waals surface area contributed by atoms with Crippen molar-refractivity contribution in [2.24, 2.45) is 0 Å². The fourth-order valence-electron chi connectivity index (χ4n) is 1.97. The predicted molar refractivity (Wildman–Crippen MR) is 79.8 cm³/mol. The summed E-state index contributed by atoms with van der Waals surface area (Å²) < 4.78 is 5.42. The molecule has 4 nitrogen and oxygen atoms in total. The van der Waals surface area contributed by atoms with Gasteiger partial charge in [-0.3, -0.25) is 0 Å². The Balaban J connectivity index is 2.19. The Morgan fingerprint density at radius 1 is 1.53 bits per heavy atom. The lowest BCUT2D eigenvalue weighted by Gasteiger charge is -2.18. The van der Waals surface area contributed by atoms with Gasteiger partial charge in [0.05, 0.1) is 18.5 Å². The zero-order valence-electron chi connectivity index (χ0n) is 11.9. The van der Waals surface area contributed by atoms with Crippen LogP contribution in [-0.4, -0.2) is 18.6 Å². The van der Waals surface area contributed by atoms with Crippen molar-refractivity contribution in [2.45, 2.75) is 33.4 Å². The number of hydrogen-bond acceptors (Lipinski definition) is 5. The fourth-order valence-corrected chi connectivity index (χ4v) is 3.16. The van der Waals surface area contributed by atoms with Gasteiger partial charge in [0.25, 0.3) is 0 Å². The minimum Gasteiger partial charge on any atom is -0.467 e. The molecule has 1 N–H and O–H groups in total. The summed E-state index contributed by atoms with van der Waals surface area (Å²) in [6, 6.07) is 4.26. The fraction of sp³-hybridized carbons (Fsp3) is 0.500.